The minimum absolute atomic E-state index is 0.0395. The minimum Gasteiger partial charge on any atom is -0.329 e. The number of fused-ring (bicyclic) bond motifs is 1. The lowest BCUT2D eigenvalue weighted by Crippen LogP contribution is -2.39. The molecule has 0 aliphatic carbocycles. The first-order chi connectivity index (χ1) is 18.0. The van der Waals surface area contributed by atoms with Crippen molar-refractivity contribution in [2.45, 2.75) is 53.4 Å². The highest BCUT2D eigenvalue weighted by atomic mass is 16.2. The van der Waals surface area contributed by atoms with E-state index in [0.29, 0.717) is 23.8 Å². The summed E-state index contributed by atoms with van der Waals surface area (Å²) in [6.45, 7) is 13.0. The maximum atomic E-state index is 13.6. The molecule has 4 aromatic rings. The SMILES string of the molecule is Cc1ccccc1-n1nc(C(C)(C)C)cc1NC(=O)CN(CCC(C)C)C(=O)c1ccc2ccccc2c1. The van der Waals surface area contributed by atoms with E-state index in [1.165, 1.54) is 0 Å². The Morgan fingerprint density at radius 1 is 0.947 bits per heavy atom. The maximum absolute atomic E-state index is 13.6. The number of anilines is 1. The second kappa shape index (κ2) is 11.2. The van der Waals surface area contributed by atoms with E-state index in [4.69, 9.17) is 5.10 Å². The van der Waals surface area contributed by atoms with Gasteiger partial charge in [0.25, 0.3) is 5.91 Å². The summed E-state index contributed by atoms with van der Waals surface area (Å²) in [4.78, 5) is 28.6. The number of carbonyl (C=O) groups is 2. The summed E-state index contributed by atoms with van der Waals surface area (Å²) >= 11 is 0. The minimum atomic E-state index is -0.252. The van der Waals surface area contributed by atoms with Crippen molar-refractivity contribution >= 4 is 28.4 Å². The molecule has 0 aliphatic heterocycles. The average molecular weight is 511 g/mol. The van der Waals surface area contributed by atoms with Crippen molar-refractivity contribution in [3.05, 3.63) is 89.6 Å². The van der Waals surface area contributed by atoms with Crippen molar-refractivity contribution in [3.63, 3.8) is 0 Å². The molecule has 0 bridgehead atoms. The summed E-state index contributed by atoms with van der Waals surface area (Å²) in [6, 6.07) is 23.5. The molecule has 38 heavy (non-hydrogen) atoms. The summed E-state index contributed by atoms with van der Waals surface area (Å²) in [6.07, 6.45) is 0.807. The molecule has 0 saturated carbocycles. The maximum Gasteiger partial charge on any atom is 0.254 e. The van der Waals surface area contributed by atoms with Crippen molar-refractivity contribution in [1.82, 2.24) is 14.7 Å². The molecule has 1 aromatic heterocycles. The molecular formula is C32H38N4O2. The second-order valence-corrected chi connectivity index (χ2v) is 11.4. The number of para-hydroxylation sites is 1. The number of aromatic nitrogens is 2. The van der Waals surface area contributed by atoms with E-state index < -0.39 is 0 Å². The second-order valence-electron chi connectivity index (χ2n) is 11.4. The number of amides is 2. The Bertz CT molecular complexity index is 1450. The van der Waals surface area contributed by atoms with Gasteiger partial charge in [0.15, 0.2) is 0 Å². The molecule has 1 N–H and O–H groups in total. The van der Waals surface area contributed by atoms with Crippen LogP contribution in [0.2, 0.25) is 0 Å². The highest BCUT2D eigenvalue weighted by Gasteiger charge is 2.24. The Morgan fingerprint density at radius 2 is 1.63 bits per heavy atom. The Balaban J connectivity index is 1.60. The van der Waals surface area contributed by atoms with Crippen molar-refractivity contribution in [3.8, 4) is 5.69 Å². The van der Waals surface area contributed by atoms with Gasteiger partial charge >= 0.3 is 0 Å². The van der Waals surface area contributed by atoms with Crippen LogP contribution in [0, 0.1) is 12.8 Å². The fraction of sp³-hybridized carbons (Fsp3) is 0.344. The van der Waals surface area contributed by atoms with E-state index in [1.54, 1.807) is 9.58 Å². The van der Waals surface area contributed by atoms with Crippen molar-refractivity contribution in [2.24, 2.45) is 5.92 Å². The lowest BCUT2D eigenvalue weighted by atomic mass is 9.92. The van der Waals surface area contributed by atoms with Gasteiger partial charge in [-0.15, -0.1) is 0 Å². The van der Waals surface area contributed by atoms with Crippen LogP contribution in [0.25, 0.3) is 16.5 Å². The molecule has 0 aliphatic rings. The molecule has 0 radical (unpaired) electrons. The number of aryl methyl sites for hydroxylation is 1. The zero-order chi connectivity index (χ0) is 27.4. The van der Waals surface area contributed by atoms with Crippen LogP contribution in [0.3, 0.4) is 0 Å². The van der Waals surface area contributed by atoms with Crippen LogP contribution < -0.4 is 5.32 Å². The van der Waals surface area contributed by atoms with E-state index >= 15 is 0 Å². The quantitative estimate of drug-likeness (QED) is 0.285. The van der Waals surface area contributed by atoms with Crippen molar-refractivity contribution in [2.75, 3.05) is 18.4 Å². The molecule has 4 rings (SSSR count). The number of nitrogens with zero attached hydrogens (tertiary/aromatic N) is 3. The van der Waals surface area contributed by atoms with Crippen LogP contribution >= 0.6 is 0 Å². The first-order valence-electron chi connectivity index (χ1n) is 13.3. The van der Waals surface area contributed by atoms with E-state index in [1.807, 2.05) is 79.7 Å². The van der Waals surface area contributed by atoms with Crippen molar-refractivity contribution < 1.29 is 9.59 Å². The first kappa shape index (κ1) is 27.1. The van der Waals surface area contributed by atoms with Gasteiger partial charge in [0.2, 0.25) is 5.91 Å². The zero-order valence-corrected chi connectivity index (χ0v) is 23.3. The van der Waals surface area contributed by atoms with E-state index in [0.717, 1.165) is 34.1 Å². The molecule has 6 nitrogen and oxygen atoms in total. The van der Waals surface area contributed by atoms with Gasteiger partial charge in [0, 0.05) is 23.6 Å². The van der Waals surface area contributed by atoms with Gasteiger partial charge in [0.1, 0.15) is 12.4 Å². The molecule has 0 saturated heterocycles. The molecule has 198 valence electrons. The topological polar surface area (TPSA) is 67.2 Å². The summed E-state index contributed by atoms with van der Waals surface area (Å²) in [5, 5.41) is 9.97. The van der Waals surface area contributed by atoms with E-state index in [9.17, 15) is 9.59 Å². The molecule has 0 fully saturated rings. The predicted octanol–water partition coefficient (Wildman–Crippen LogP) is 6.76. The standard InChI is InChI=1S/C32H38N4O2/c1-22(2)17-18-35(31(38)26-16-15-24-12-8-9-13-25(24)19-26)21-30(37)33-29-20-28(32(4,5)6)34-36(29)27-14-10-7-11-23(27)3/h7-16,19-20,22H,17-18,21H2,1-6H3,(H,33,37). The third-order valence-corrected chi connectivity index (χ3v) is 6.68. The number of benzene rings is 3. The van der Waals surface area contributed by atoms with Gasteiger partial charge in [-0.1, -0.05) is 83.1 Å². The van der Waals surface area contributed by atoms with Gasteiger partial charge in [-0.25, -0.2) is 4.68 Å². The summed E-state index contributed by atoms with van der Waals surface area (Å²) in [5.41, 5.74) is 3.22. The van der Waals surface area contributed by atoms with Gasteiger partial charge in [-0.2, -0.15) is 5.10 Å². The summed E-state index contributed by atoms with van der Waals surface area (Å²) < 4.78 is 1.79. The van der Waals surface area contributed by atoms with Gasteiger partial charge < -0.3 is 10.2 Å². The lowest BCUT2D eigenvalue weighted by Gasteiger charge is -2.23. The Morgan fingerprint density at radius 3 is 2.32 bits per heavy atom. The fourth-order valence-electron chi connectivity index (χ4n) is 4.35. The zero-order valence-electron chi connectivity index (χ0n) is 23.3. The Labute approximate surface area is 225 Å². The third kappa shape index (κ3) is 6.31. The molecule has 3 aromatic carbocycles. The molecule has 0 spiro atoms. The normalized spacial score (nSPS) is 11.7. The smallest absolute Gasteiger partial charge is 0.254 e. The summed E-state index contributed by atoms with van der Waals surface area (Å²) in [7, 11) is 0. The van der Waals surface area contributed by atoms with Gasteiger partial charge in [-0.05, 0) is 53.8 Å². The largest absolute Gasteiger partial charge is 0.329 e. The Hall–Kier alpha value is -3.93. The number of rotatable bonds is 8. The molecular weight excluding hydrogens is 472 g/mol. The van der Waals surface area contributed by atoms with Crippen LogP contribution in [0.15, 0.2) is 72.8 Å². The number of hydrogen-bond donors (Lipinski definition) is 1. The number of hydrogen-bond acceptors (Lipinski definition) is 3. The van der Waals surface area contributed by atoms with E-state index in [2.05, 4.69) is 39.9 Å². The Kier molecular flexibility index (Phi) is 8.00. The van der Waals surface area contributed by atoms with E-state index in [-0.39, 0.29) is 23.8 Å². The van der Waals surface area contributed by atoms with Crippen LogP contribution in [0.1, 0.15) is 62.7 Å². The van der Waals surface area contributed by atoms with Crippen molar-refractivity contribution in [1.29, 1.82) is 0 Å². The van der Waals surface area contributed by atoms with Gasteiger partial charge in [-0.3, -0.25) is 9.59 Å². The molecule has 0 atom stereocenters. The highest BCUT2D eigenvalue weighted by Crippen LogP contribution is 2.27. The molecule has 2 amide bonds. The number of nitrogens with one attached hydrogen (secondary N) is 1. The molecule has 6 heteroatoms. The molecule has 1 heterocycles. The van der Waals surface area contributed by atoms with Crippen LogP contribution in [-0.4, -0.2) is 39.6 Å². The fourth-order valence-corrected chi connectivity index (χ4v) is 4.35. The van der Waals surface area contributed by atoms with Crippen LogP contribution in [0.4, 0.5) is 5.82 Å². The average Bonchev–Trinajstić information content (AvgIpc) is 3.30. The predicted molar refractivity (Wildman–Crippen MR) is 155 cm³/mol. The molecule has 0 unspecified atom stereocenters. The highest BCUT2D eigenvalue weighted by molar-refractivity contribution is 6.01. The third-order valence-electron chi connectivity index (χ3n) is 6.68. The monoisotopic (exact) mass is 510 g/mol. The number of carbonyl (C=O) groups excluding carboxylic acids is 2. The van der Waals surface area contributed by atoms with Crippen LogP contribution in [-0.2, 0) is 10.2 Å². The summed E-state index contributed by atoms with van der Waals surface area (Å²) in [5.74, 6) is 0.602. The lowest BCUT2D eigenvalue weighted by molar-refractivity contribution is -0.117. The first-order valence-corrected chi connectivity index (χ1v) is 13.3. The van der Waals surface area contributed by atoms with Crippen LogP contribution in [0.5, 0.6) is 0 Å². The van der Waals surface area contributed by atoms with Gasteiger partial charge in [0.05, 0.1) is 11.4 Å².